The standard InChI is InChI=1S/C19H21FN8O/c1-26-6-5-15(14(20)10-26)23-19-24-18(29-2)17-13(4-8-28(17)25-19)12-3-7-27-16(9-12)21-11-22-27/h3-4,7-9,11,14-15H,5-6,10H2,1-2H3,(H,23,25)/t14-,15+/m1/s1. The molecule has 1 saturated heterocycles. The van der Waals surface area contributed by atoms with Gasteiger partial charge in [0.15, 0.2) is 5.65 Å². The highest BCUT2D eigenvalue weighted by molar-refractivity contribution is 5.85. The number of methoxy groups -OCH3 is 1. The molecule has 0 aromatic carbocycles. The Morgan fingerprint density at radius 3 is 2.93 bits per heavy atom. The van der Waals surface area contributed by atoms with Gasteiger partial charge in [-0.2, -0.15) is 10.1 Å². The molecule has 0 unspecified atom stereocenters. The molecule has 1 aliphatic rings. The molecule has 0 saturated carbocycles. The van der Waals surface area contributed by atoms with Gasteiger partial charge in [-0.3, -0.25) is 0 Å². The molecule has 5 rings (SSSR count). The van der Waals surface area contributed by atoms with Gasteiger partial charge in [0, 0.05) is 31.0 Å². The van der Waals surface area contributed by atoms with Crippen LogP contribution in [-0.2, 0) is 0 Å². The first-order chi connectivity index (χ1) is 14.1. The molecule has 10 heteroatoms. The van der Waals surface area contributed by atoms with E-state index in [1.54, 1.807) is 16.1 Å². The van der Waals surface area contributed by atoms with Gasteiger partial charge in [0.2, 0.25) is 11.8 Å². The predicted octanol–water partition coefficient (Wildman–Crippen LogP) is 1.90. The molecule has 5 heterocycles. The van der Waals surface area contributed by atoms with Crippen molar-refractivity contribution in [2.24, 2.45) is 0 Å². The van der Waals surface area contributed by atoms with E-state index >= 15 is 0 Å². The van der Waals surface area contributed by atoms with Crippen molar-refractivity contribution in [3.8, 4) is 17.0 Å². The number of alkyl halides is 1. The molecule has 0 aliphatic carbocycles. The minimum atomic E-state index is -0.978. The molecule has 2 atom stereocenters. The number of halogens is 1. The Bertz CT molecular complexity index is 1170. The van der Waals surface area contributed by atoms with Crippen molar-refractivity contribution in [2.45, 2.75) is 18.6 Å². The maximum atomic E-state index is 14.4. The normalized spacial score (nSPS) is 20.4. The Balaban J connectivity index is 1.52. The average Bonchev–Trinajstić information content (AvgIpc) is 3.35. The third-order valence-electron chi connectivity index (χ3n) is 5.32. The number of aromatic nitrogens is 6. The van der Waals surface area contributed by atoms with Gasteiger partial charge in [-0.25, -0.2) is 18.4 Å². The monoisotopic (exact) mass is 396 g/mol. The van der Waals surface area contributed by atoms with Gasteiger partial charge in [-0.05, 0) is 37.2 Å². The van der Waals surface area contributed by atoms with Crippen molar-refractivity contribution >= 4 is 17.1 Å². The van der Waals surface area contributed by atoms with Crippen LogP contribution in [0.4, 0.5) is 10.3 Å². The number of pyridine rings is 1. The van der Waals surface area contributed by atoms with E-state index in [-0.39, 0.29) is 6.04 Å². The first-order valence-electron chi connectivity index (χ1n) is 9.44. The van der Waals surface area contributed by atoms with E-state index in [9.17, 15) is 4.39 Å². The van der Waals surface area contributed by atoms with Crippen LogP contribution in [0.2, 0.25) is 0 Å². The summed E-state index contributed by atoms with van der Waals surface area (Å²) in [7, 11) is 3.49. The molecular formula is C19H21FN8O. The topological polar surface area (TPSA) is 84.9 Å². The fraction of sp³-hybridized carbons (Fsp3) is 0.368. The number of nitrogens with zero attached hydrogens (tertiary/aromatic N) is 7. The summed E-state index contributed by atoms with van der Waals surface area (Å²) in [5, 5.41) is 11.8. The Labute approximate surface area is 166 Å². The summed E-state index contributed by atoms with van der Waals surface area (Å²) >= 11 is 0. The highest BCUT2D eigenvalue weighted by Gasteiger charge is 2.28. The average molecular weight is 396 g/mol. The highest BCUT2D eigenvalue weighted by Crippen LogP contribution is 2.32. The first kappa shape index (κ1) is 17.8. The lowest BCUT2D eigenvalue weighted by molar-refractivity contribution is 0.149. The van der Waals surface area contributed by atoms with E-state index in [0.717, 1.165) is 28.8 Å². The van der Waals surface area contributed by atoms with Gasteiger partial charge in [0.05, 0.1) is 13.2 Å². The number of ether oxygens (including phenoxy) is 1. The summed E-state index contributed by atoms with van der Waals surface area (Å²) in [4.78, 5) is 10.7. The lowest BCUT2D eigenvalue weighted by Crippen LogP contribution is -2.46. The number of piperidine rings is 1. The Hall–Kier alpha value is -3.27. The molecule has 0 spiro atoms. The van der Waals surface area contributed by atoms with Crippen LogP contribution >= 0.6 is 0 Å². The molecule has 9 nitrogen and oxygen atoms in total. The van der Waals surface area contributed by atoms with Gasteiger partial charge >= 0.3 is 0 Å². The Morgan fingerprint density at radius 1 is 1.24 bits per heavy atom. The van der Waals surface area contributed by atoms with Crippen molar-refractivity contribution in [3.63, 3.8) is 0 Å². The lowest BCUT2D eigenvalue weighted by Gasteiger charge is -2.32. The zero-order valence-electron chi connectivity index (χ0n) is 16.2. The molecule has 4 aromatic rings. The largest absolute Gasteiger partial charge is 0.479 e. The molecule has 0 bridgehead atoms. The summed E-state index contributed by atoms with van der Waals surface area (Å²) in [5.74, 6) is 0.772. The molecule has 4 aromatic heterocycles. The van der Waals surface area contributed by atoms with Crippen LogP contribution in [-0.4, -0.2) is 73.6 Å². The van der Waals surface area contributed by atoms with Crippen molar-refractivity contribution in [3.05, 3.63) is 36.9 Å². The van der Waals surface area contributed by atoms with Gasteiger partial charge in [-0.15, -0.1) is 5.10 Å². The summed E-state index contributed by atoms with van der Waals surface area (Å²) in [5.41, 5.74) is 3.36. The number of likely N-dealkylation sites (tertiary alicyclic amines) is 1. The van der Waals surface area contributed by atoms with E-state index in [2.05, 4.69) is 25.5 Å². The summed E-state index contributed by atoms with van der Waals surface area (Å²) < 4.78 is 23.4. The quantitative estimate of drug-likeness (QED) is 0.564. The Kier molecular flexibility index (Phi) is 4.27. The van der Waals surface area contributed by atoms with Crippen molar-refractivity contribution < 1.29 is 9.13 Å². The third-order valence-corrected chi connectivity index (χ3v) is 5.32. The number of hydrogen-bond donors (Lipinski definition) is 1. The van der Waals surface area contributed by atoms with Crippen molar-refractivity contribution in [1.29, 1.82) is 0 Å². The smallest absolute Gasteiger partial charge is 0.244 e. The third kappa shape index (κ3) is 3.15. The predicted molar refractivity (Wildman–Crippen MR) is 106 cm³/mol. The molecule has 1 N–H and O–H groups in total. The van der Waals surface area contributed by atoms with E-state index in [0.29, 0.717) is 24.8 Å². The minimum absolute atomic E-state index is 0.321. The highest BCUT2D eigenvalue weighted by atomic mass is 19.1. The van der Waals surface area contributed by atoms with Gasteiger partial charge in [-0.1, -0.05) is 0 Å². The number of fused-ring (bicyclic) bond motifs is 2. The minimum Gasteiger partial charge on any atom is -0.479 e. The first-order valence-corrected chi connectivity index (χ1v) is 9.44. The van der Waals surface area contributed by atoms with Crippen LogP contribution in [0, 0.1) is 0 Å². The molecule has 150 valence electrons. The maximum Gasteiger partial charge on any atom is 0.244 e. The number of hydrogen-bond acceptors (Lipinski definition) is 7. The summed E-state index contributed by atoms with van der Waals surface area (Å²) in [6.45, 7) is 1.23. The van der Waals surface area contributed by atoms with Crippen LogP contribution in [0.1, 0.15) is 6.42 Å². The Morgan fingerprint density at radius 2 is 2.10 bits per heavy atom. The molecular weight excluding hydrogens is 375 g/mol. The summed E-state index contributed by atoms with van der Waals surface area (Å²) in [6.07, 6.45) is 4.92. The van der Waals surface area contributed by atoms with Crippen LogP contribution < -0.4 is 10.1 Å². The van der Waals surface area contributed by atoms with Gasteiger partial charge < -0.3 is 15.0 Å². The second-order valence-corrected chi connectivity index (χ2v) is 7.26. The fourth-order valence-electron chi connectivity index (χ4n) is 3.80. The van der Waals surface area contributed by atoms with Gasteiger partial charge in [0.25, 0.3) is 0 Å². The van der Waals surface area contributed by atoms with Crippen molar-refractivity contribution in [1.82, 2.24) is 34.1 Å². The molecule has 1 aliphatic heterocycles. The van der Waals surface area contributed by atoms with Crippen LogP contribution in [0.3, 0.4) is 0 Å². The SMILES string of the molecule is COc1nc(N[C@H]2CCN(C)C[C@H]2F)nn2ccc(-c3ccn4ncnc4c3)c12. The van der Waals surface area contributed by atoms with Crippen LogP contribution in [0.15, 0.2) is 36.9 Å². The summed E-state index contributed by atoms with van der Waals surface area (Å²) in [6, 6.07) is 5.53. The van der Waals surface area contributed by atoms with Crippen LogP contribution in [0.5, 0.6) is 5.88 Å². The number of nitrogens with one attached hydrogen (secondary N) is 1. The maximum absolute atomic E-state index is 14.4. The van der Waals surface area contributed by atoms with E-state index in [1.807, 2.05) is 42.5 Å². The van der Waals surface area contributed by atoms with E-state index in [1.165, 1.54) is 6.33 Å². The van der Waals surface area contributed by atoms with Crippen LogP contribution in [0.25, 0.3) is 22.3 Å². The van der Waals surface area contributed by atoms with Gasteiger partial charge in [0.1, 0.15) is 18.0 Å². The van der Waals surface area contributed by atoms with E-state index < -0.39 is 6.17 Å². The lowest BCUT2D eigenvalue weighted by atomic mass is 10.0. The zero-order valence-corrected chi connectivity index (χ0v) is 16.2. The van der Waals surface area contributed by atoms with E-state index in [4.69, 9.17) is 4.74 Å². The number of rotatable bonds is 4. The molecule has 0 radical (unpaired) electrons. The molecule has 29 heavy (non-hydrogen) atoms. The molecule has 0 amide bonds. The zero-order chi connectivity index (χ0) is 20.0. The van der Waals surface area contributed by atoms with Crippen molar-refractivity contribution in [2.75, 3.05) is 32.6 Å². The second kappa shape index (κ2) is 6.96. The number of anilines is 1. The molecule has 1 fully saturated rings. The fourth-order valence-corrected chi connectivity index (χ4v) is 3.80. The second-order valence-electron chi connectivity index (χ2n) is 7.26.